The number of nitrogens with one attached hydrogen (secondary N) is 1. The number of hydrogen-bond acceptors (Lipinski definition) is 2. The van der Waals surface area contributed by atoms with Gasteiger partial charge in [-0.3, -0.25) is 0 Å². The molecule has 0 aromatic heterocycles. The maximum absolute atomic E-state index is 5.59. The minimum absolute atomic E-state index is 0.626. The van der Waals surface area contributed by atoms with Crippen LogP contribution in [0.2, 0.25) is 0 Å². The van der Waals surface area contributed by atoms with E-state index in [1.807, 2.05) is 0 Å². The molecule has 1 aliphatic rings. The van der Waals surface area contributed by atoms with Gasteiger partial charge in [0.1, 0.15) is 0 Å². The van der Waals surface area contributed by atoms with Crippen molar-refractivity contribution in [1.82, 2.24) is 0 Å². The molecule has 0 saturated carbocycles. The topological polar surface area (TPSA) is 38.0 Å². The fourth-order valence-corrected chi connectivity index (χ4v) is 2.16. The van der Waals surface area contributed by atoms with Crippen LogP contribution in [0.5, 0.6) is 0 Å². The van der Waals surface area contributed by atoms with E-state index in [1.165, 1.54) is 16.8 Å². The molecule has 0 radical (unpaired) electrons. The Morgan fingerprint density at radius 1 is 1.54 bits per heavy atom. The molecule has 70 valence electrons. The lowest BCUT2D eigenvalue weighted by Crippen LogP contribution is -2.09. The van der Waals surface area contributed by atoms with Gasteiger partial charge in [-0.25, -0.2) is 0 Å². The molecule has 0 fully saturated rings. The molecule has 0 aliphatic carbocycles. The predicted molar refractivity (Wildman–Crippen MR) is 56.1 cm³/mol. The van der Waals surface area contributed by atoms with Crippen molar-refractivity contribution in [2.24, 2.45) is 5.73 Å². The number of hydrogen-bond donors (Lipinski definition) is 2. The van der Waals surface area contributed by atoms with Gasteiger partial charge in [0, 0.05) is 18.2 Å². The average molecular weight is 176 g/mol. The fourth-order valence-electron chi connectivity index (χ4n) is 2.16. The molecule has 13 heavy (non-hydrogen) atoms. The van der Waals surface area contributed by atoms with Crippen molar-refractivity contribution in [1.29, 1.82) is 0 Å². The lowest BCUT2D eigenvalue weighted by atomic mass is 9.94. The minimum atomic E-state index is 0.626. The Bertz CT molecular complexity index is 305. The largest absolute Gasteiger partial charge is 0.384 e. The third-order valence-corrected chi connectivity index (χ3v) is 2.79. The fraction of sp³-hybridized carbons (Fsp3) is 0.455. The van der Waals surface area contributed by atoms with Gasteiger partial charge in [-0.05, 0) is 37.1 Å². The first-order valence-electron chi connectivity index (χ1n) is 4.86. The third kappa shape index (κ3) is 1.42. The van der Waals surface area contributed by atoms with E-state index in [0.29, 0.717) is 5.92 Å². The highest BCUT2D eigenvalue weighted by Crippen LogP contribution is 2.35. The van der Waals surface area contributed by atoms with E-state index in [4.69, 9.17) is 5.73 Å². The number of nitrogens with two attached hydrogens (primary N) is 1. The summed E-state index contributed by atoms with van der Waals surface area (Å²) in [4.78, 5) is 0. The second-order valence-electron chi connectivity index (χ2n) is 3.69. The van der Waals surface area contributed by atoms with E-state index in [1.54, 1.807) is 0 Å². The van der Waals surface area contributed by atoms with Crippen molar-refractivity contribution in [3.63, 3.8) is 0 Å². The van der Waals surface area contributed by atoms with Crippen LogP contribution in [0.4, 0.5) is 5.69 Å². The van der Waals surface area contributed by atoms with Crippen LogP contribution < -0.4 is 11.1 Å². The van der Waals surface area contributed by atoms with Crippen LogP contribution in [0.3, 0.4) is 0 Å². The van der Waals surface area contributed by atoms with E-state index in [-0.39, 0.29) is 0 Å². The van der Waals surface area contributed by atoms with Crippen LogP contribution in [-0.4, -0.2) is 13.1 Å². The molecular formula is C11H16N2. The summed E-state index contributed by atoms with van der Waals surface area (Å²) >= 11 is 0. The quantitative estimate of drug-likeness (QED) is 0.721. The van der Waals surface area contributed by atoms with Crippen LogP contribution >= 0.6 is 0 Å². The molecule has 1 aromatic rings. The molecule has 2 nitrogen and oxygen atoms in total. The zero-order chi connectivity index (χ0) is 9.26. The van der Waals surface area contributed by atoms with Crippen LogP contribution in [0.1, 0.15) is 23.5 Å². The Morgan fingerprint density at radius 3 is 3.15 bits per heavy atom. The first-order valence-corrected chi connectivity index (χ1v) is 4.86. The van der Waals surface area contributed by atoms with Gasteiger partial charge >= 0.3 is 0 Å². The summed E-state index contributed by atoms with van der Waals surface area (Å²) in [7, 11) is 0. The van der Waals surface area contributed by atoms with E-state index in [0.717, 1.165) is 19.5 Å². The number of rotatable bonds is 2. The van der Waals surface area contributed by atoms with Crippen molar-refractivity contribution < 1.29 is 0 Å². The summed E-state index contributed by atoms with van der Waals surface area (Å²) in [5, 5.41) is 3.42. The zero-order valence-electron chi connectivity index (χ0n) is 8.01. The summed E-state index contributed by atoms with van der Waals surface area (Å²) in [5.41, 5.74) is 9.76. The first-order chi connectivity index (χ1) is 6.33. The molecule has 1 unspecified atom stereocenters. The van der Waals surface area contributed by atoms with Crippen molar-refractivity contribution >= 4 is 5.69 Å². The highest BCUT2D eigenvalue weighted by molar-refractivity contribution is 5.60. The smallest absolute Gasteiger partial charge is 0.0379 e. The van der Waals surface area contributed by atoms with Gasteiger partial charge in [0.05, 0.1) is 0 Å². The first kappa shape index (κ1) is 8.57. The Balaban J connectivity index is 2.34. The average Bonchev–Trinajstić information content (AvgIpc) is 2.51. The SMILES string of the molecule is Cc1cccc2c1C(CCN)CN2. The van der Waals surface area contributed by atoms with Gasteiger partial charge in [-0.1, -0.05) is 12.1 Å². The number of anilines is 1. The van der Waals surface area contributed by atoms with E-state index < -0.39 is 0 Å². The van der Waals surface area contributed by atoms with Crippen molar-refractivity contribution in [2.75, 3.05) is 18.4 Å². The highest BCUT2D eigenvalue weighted by Gasteiger charge is 2.22. The minimum Gasteiger partial charge on any atom is -0.384 e. The molecule has 2 heteroatoms. The van der Waals surface area contributed by atoms with Crippen molar-refractivity contribution in [3.8, 4) is 0 Å². The second kappa shape index (κ2) is 3.38. The van der Waals surface area contributed by atoms with Gasteiger partial charge in [-0.2, -0.15) is 0 Å². The van der Waals surface area contributed by atoms with E-state index in [2.05, 4.69) is 30.4 Å². The summed E-state index contributed by atoms with van der Waals surface area (Å²) in [6.45, 7) is 4.01. The molecule has 1 heterocycles. The van der Waals surface area contributed by atoms with Gasteiger partial charge in [0.15, 0.2) is 0 Å². The molecule has 0 spiro atoms. The normalized spacial score (nSPS) is 19.7. The zero-order valence-corrected chi connectivity index (χ0v) is 8.01. The van der Waals surface area contributed by atoms with Crippen molar-refractivity contribution in [2.45, 2.75) is 19.3 Å². The Morgan fingerprint density at radius 2 is 2.38 bits per heavy atom. The standard InChI is InChI=1S/C11H16N2/c1-8-3-2-4-10-11(8)9(5-6-12)7-13-10/h2-4,9,13H,5-7,12H2,1H3. The summed E-state index contributed by atoms with van der Waals surface area (Å²) < 4.78 is 0. The van der Waals surface area contributed by atoms with Gasteiger partial charge in [0.25, 0.3) is 0 Å². The molecule has 1 aliphatic heterocycles. The lowest BCUT2D eigenvalue weighted by Gasteiger charge is -2.10. The molecule has 0 amide bonds. The van der Waals surface area contributed by atoms with Gasteiger partial charge in [-0.15, -0.1) is 0 Å². The number of fused-ring (bicyclic) bond motifs is 1. The molecule has 2 rings (SSSR count). The number of aryl methyl sites for hydroxylation is 1. The summed E-state index contributed by atoms with van der Waals surface area (Å²) in [5.74, 6) is 0.626. The molecule has 1 aromatic carbocycles. The molecule has 0 bridgehead atoms. The third-order valence-electron chi connectivity index (χ3n) is 2.79. The van der Waals surface area contributed by atoms with Crippen molar-refractivity contribution in [3.05, 3.63) is 29.3 Å². The summed E-state index contributed by atoms with van der Waals surface area (Å²) in [6.07, 6.45) is 1.09. The Kier molecular flexibility index (Phi) is 2.23. The molecule has 1 atom stereocenters. The van der Waals surface area contributed by atoms with E-state index >= 15 is 0 Å². The lowest BCUT2D eigenvalue weighted by molar-refractivity contribution is 0.682. The van der Waals surface area contributed by atoms with Crippen LogP contribution in [0.25, 0.3) is 0 Å². The van der Waals surface area contributed by atoms with E-state index in [9.17, 15) is 0 Å². The Hall–Kier alpha value is -1.02. The predicted octanol–water partition coefficient (Wildman–Crippen LogP) is 1.85. The Labute approximate surface area is 79.1 Å². The number of benzene rings is 1. The molecule has 0 saturated heterocycles. The van der Waals surface area contributed by atoms with Crippen LogP contribution in [0.15, 0.2) is 18.2 Å². The highest BCUT2D eigenvalue weighted by atomic mass is 14.9. The monoisotopic (exact) mass is 176 g/mol. The maximum atomic E-state index is 5.59. The molecule has 3 N–H and O–H groups in total. The van der Waals surface area contributed by atoms with Gasteiger partial charge in [0.2, 0.25) is 0 Å². The molecular weight excluding hydrogens is 160 g/mol. The van der Waals surface area contributed by atoms with Gasteiger partial charge < -0.3 is 11.1 Å². The second-order valence-corrected chi connectivity index (χ2v) is 3.69. The van der Waals surface area contributed by atoms with Crippen LogP contribution in [-0.2, 0) is 0 Å². The van der Waals surface area contributed by atoms with Crippen LogP contribution in [0, 0.1) is 6.92 Å². The maximum Gasteiger partial charge on any atom is 0.0379 e. The summed E-state index contributed by atoms with van der Waals surface area (Å²) in [6, 6.07) is 6.43.